The first-order chi connectivity index (χ1) is 14.7. The van der Waals surface area contributed by atoms with Gasteiger partial charge in [0.15, 0.2) is 0 Å². The summed E-state index contributed by atoms with van der Waals surface area (Å²) in [4.78, 5) is 12.3. The molecular formula is C23H36N2O5S. The summed E-state index contributed by atoms with van der Waals surface area (Å²) in [7, 11) is 0. The molecule has 1 amide bonds. The summed E-state index contributed by atoms with van der Waals surface area (Å²) in [6.07, 6.45) is 1.45. The number of hydrogen-bond donors (Lipinski definition) is 5. The molecule has 0 spiro atoms. The predicted octanol–water partition coefficient (Wildman–Crippen LogP) is 5.24. The van der Waals surface area contributed by atoms with Gasteiger partial charge >= 0.3 is 0 Å². The number of thiol groups is 1. The van der Waals surface area contributed by atoms with Gasteiger partial charge in [0.05, 0.1) is 6.10 Å². The minimum atomic E-state index is -0.505. The number of nitrogens with two attached hydrogens (primary N) is 2. The van der Waals surface area contributed by atoms with Gasteiger partial charge in [0, 0.05) is 17.8 Å². The van der Waals surface area contributed by atoms with Crippen molar-refractivity contribution < 1.29 is 24.8 Å². The van der Waals surface area contributed by atoms with E-state index in [1.54, 1.807) is 18.2 Å². The van der Waals surface area contributed by atoms with Crippen LogP contribution in [0.1, 0.15) is 56.1 Å². The fraction of sp³-hybridized carbons (Fsp3) is 0.348. The zero-order chi connectivity index (χ0) is 24.4. The Labute approximate surface area is 191 Å². The van der Waals surface area contributed by atoms with Crippen LogP contribution in [-0.2, 0) is 6.61 Å². The van der Waals surface area contributed by atoms with E-state index in [0.29, 0.717) is 23.7 Å². The largest absolute Gasteiger partial charge is 0.491 e. The van der Waals surface area contributed by atoms with Gasteiger partial charge in [-0.1, -0.05) is 38.1 Å². The Morgan fingerprint density at radius 2 is 1.65 bits per heavy atom. The van der Waals surface area contributed by atoms with Gasteiger partial charge in [0.25, 0.3) is 0 Å². The zero-order valence-electron chi connectivity index (χ0n) is 19.1. The van der Waals surface area contributed by atoms with Crippen LogP contribution in [0.5, 0.6) is 11.5 Å². The first-order valence-electron chi connectivity index (χ1n) is 9.79. The summed E-state index contributed by atoms with van der Waals surface area (Å²) in [5.74, 6) is 0.635. The van der Waals surface area contributed by atoms with Crippen molar-refractivity contribution in [1.29, 1.82) is 0 Å². The molecule has 0 fully saturated rings. The lowest BCUT2D eigenvalue weighted by Gasteiger charge is -2.14. The quantitative estimate of drug-likeness (QED) is 0.232. The molecule has 174 valence electrons. The fourth-order valence-electron chi connectivity index (χ4n) is 2.07. The number of carbonyl (C=O) groups is 1. The Morgan fingerprint density at radius 3 is 2.10 bits per heavy atom. The minimum absolute atomic E-state index is 0.00680. The van der Waals surface area contributed by atoms with Crippen molar-refractivity contribution in [2.75, 3.05) is 0 Å². The molecule has 2 rings (SSSR count). The van der Waals surface area contributed by atoms with E-state index in [4.69, 9.17) is 31.5 Å². The van der Waals surface area contributed by atoms with Crippen LogP contribution in [0, 0.1) is 6.92 Å². The van der Waals surface area contributed by atoms with E-state index < -0.39 is 5.91 Å². The van der Waals surface area contributed by atoms with Crippen LogP contribution >= 0.6 is 12.6 Å². The van der Waals surface area contributed by atoms with E-state index >= 15 is 0 Å². The van der Waals surface area contributed by atoms with Crippen molar-refractivity contribution in [2.45, 2.75) is 54.3 Å². The summed E-state index contributed by atoms with van der Waals surface area (Å²) >= 11 is 3.83. The molecule has 0 saturated carbocycles. The molecule has 0 bridgehead atoms. The van der Waals surface area contributed by atoms with Gasteiger partial charge in [-0.15, -0.1) is 12.6 Å². The van der Waals surface area contributed by atoms with Gasteiger partial charge < -0.3 is 20.9 Å². The fourth-order valence-corrected chi connectivity index (χ4v) is 2.07. The van der Waals surface area contributed by atoms with Crippen LogP contribution in [0.3, 0.4) is 0 Å². The van der Waals surface area contributed by atoms with E-state index in [-0.39, 0.29) is 6.10 Å². The first kappa shape index (κ1) is 30.5. The van der Waals surface area contributed by atoms with Crippen LogP contribution in [0.4, 0.5) is 0 Å². The van der Waals surface area contributed by atoms with Crippen LogP contribution in [-0.4, -0.2) is 22.5 Å². The number of hydrogen-bond acceptors (Lipinski definition) is 7. The second-order valence-electron chi connectivity index (χ2n) is 6.25. The standard InChI is InChI=1S/C18H21NO3.C3H7NS.C2H6.H2O2/c1-12(2)22-17-9-15(18(19)20)8-16(10-17)21-11-14-7-5-4-6-13(14)3;1-3(5)2-4;2*1-2/h4-10,12H,11H2,1-3H3,(H2,19,20);2,5H,4H2,1H3;1-2H3;1-2H/b;3-2-;;. The molecule has 0 saturated heterocycles. The first-order valence-corrected chi connectivity index (χ1v) is 10.2. The van der Waals surface area contributed by atoms with Crippen LogP contribution < -0.4 is 20.9 Å². The highest BCUT2D eigenvalue weighted by Gasteiger charge is 2.09. The summed E-state index contributed by atoms with van der Waals surface area (Å²) in [5.41, 5.74) is 12.9. The lowest BCUT2D eigenvalue weighted by Crippen LogP contribution is -2.12. The minimum Gasteiger partial charge on any atom is -0.491 e. The van der Waals surface area contributed by atoms with Gasteiger partial charge in [0.1, 0.15) is 18.1 Å². The van der Waals surface area contributed by atoms with Crippen molar-refractivity contribution in [3.8, 4) is 11.5 Å². The number of amides is 1. The van der Waals surface area contributed by atoms with Gasteiger partial charge in [-0.25, -0.2) is 0 Å². The number of aryl methyl sites for hydroxylation is 1. The van der Waals surface area contributed by atoms with Gasteiger partial charge in [0.2, 0.25) is 5.91 Å². The Bertz CT molecular complexity index is 791. The molecule has 7 nitrogen and oxygen atoms in total. The van der Waals surface area contributed by atoms with E-state index in [9.17, 15) is 4.79 Å². The number of benzene rings is 2. The molecule has 0 aliphatic rings. The molecule has 0 radical (unpaired) electrons. The van der Waals surface area contributed by atoms with E-state index in [1.807, 2.05) is 65.8 Å². The van der Waals surface area contributed by atoms with Crippen LogP contribution in [0.15, 0.2) is 53.6 Å². The smallest absolute Gasteiger partial charge is 0.248 e. The summed E-state index contributed by atoms with van der Waals surface area (Å²) in [6, 6.07) is 13.0. The molecule has 2 aromatic rings. The Hall–Kier alpha value is -2.68. The molecule has 0 unspecified atom stereocenters. The van der Waals surface area contributed by atoms with Crippen LogP contribution in [0.2, 0.25) is 0 Å². The predicted molar refractivity (Wildman–Crippen MR) is 130 cm³/mol. The topological polar surface area (TPSA) is 128 Å². The van der Waals surface area contributed by atoms with Crippen molar-refractivity contribution >= 4 is 18.5 Å². The third-order valence-corrected chi connectivity index (χ3v) is 3.58. The van der Waals surface area contributed by atoms with Gasteiger partial charge in [-0.2, -0.15) is 0 Å². The second kappa shape index (κ2) is 18.1. The maximum absolute atomic E-state index is 11.4. The Morgan fingerprint density at radius 1 is 1.13 bits per heavy atom. The normalized spacial score (nSPS) is 9.81. The highest BCUT2D eigenvalue weighted by Crippen LogP contribution is 2.25. The lowest BCUT2D eigenvalue weighted by molar-refractivity contribution is -0.176. The van der Waals surface area contributed by atoms with E-state index in [2.05, 4.69) is 12.6 Å². The monoisotopic (exact) mass is 452 g/mol. The van der Waals surface area contributed by atoms with E-state index in [0.717, 1.165) is 16.0 Å². The average molecular weight is 453 g/mol. The Balaban J connectivity index is 0. The third-order valence-electron chi connectivity index (χ3n) is 3.43. The highest BCUT2D eigenvalue weighted by molar-refractivity contribution is 7.84. The van der Waals surface area contributed by atoms with Crippen molar-refractivity contribution in [3.05, 3.63) is 70.3 Å². The zero-order valence-corrected chi connectivity index (χ0v) is 20.0. The van der Waals surface area contributed by atoms with Crippen molar-refractivity contribution in [2.24, 2.45) is 11.5 Å². The summed E-state index contributed by atoms with van der Waals surface area (Å²) in [6.45, 7) is 12.1. The molecular weight excluding hydrogens is 416 g/mol. The van der Waals surface area contributed by atoms with Crippen molar-refractivity contribution in [3.63, 3.8) is 0 Å². The molecule has 8 heteroatoms. The molecule has 0 aliphatic carbocycles. The lowest BCUT2D eigenvalue weighted by atomic mass is 10.1. The molecule has 0 aliphatic heterocycles. The van der Waals surface area contributed by atoms with Gasteiger partial charge in [-0.3, -0.25) is 15.3 Å². The molecule has 6 N–H and O–H groups in total. The Kier molecular flexibility index (Phi) is 17.8. The maximum atomic E-state index is 11.4. The number of ether oxygens (including phenoxy) is 2. The molecule has 0 aromatic heterocycles. The summed E-state index contributed by atoms with van der Waals surface area (Å²) < 4.78 is 11.4. The van der Waals surface area contributed by atoms with Crippen molar-refractivity contribution in [1.82, 2.24) is 0 Å². The average Bonchev–Trinajstić information content (AvgIpc) is 2.75. The number of rotatable bonds is 6. The SMILES string of the molecule is C/C(S)=C/N.CC.Cc1ccccc1COc1cc(OC(C)C)cc(C(N)=O)c1.OO. The molecule has 0 heterocycles. The van der Waals surface area contributed by atoms with Gasteiger partial charge in [-0.05, 0) is 55.9 Å². The second-order valence-corrected chi connectivity index (χ2v) is 6.95. The number of primary amides is 1. The highest BCUT2D eigenvalue weighted by atomic mass is 32.1. The molecule has 0 atom stereocenters. The maximum Gasteiger partial charge on any atom is 0.248 e. The number of carbonyl (C=O) groups excluding carboxylic acids is 1. The third kappa shape index (κ3) is 14.0. The summed E-state index contributed by atoms with van der Waals surface area (Å²) in [5, 5.41) is 12.0. The van der Waals surface area contributed by atoms with E-state index in [1.165, 1.54) is 6.20 Å². The van der Waals surface area contributed by atoms with Crippen LogP contribution in [0.25, 0.3) is 0 Å². The number of allylic oxidation sites excluding steroid dienone is 1. The molecule has 2 aromatic carbocycles. The molecule has 31 heavy (non-hydrogen) atoms.